The second kappa shape index (κ2) is 8.72. The highest BCUT2D eigenvalue weighted by Crippen LogP contribution is 1.91. The Morgan fingerprint density at radius 1 is 1.21 bits per heavy atom. The molecule has 0 aromatic carbocycles. The van der Waals surface area contributed by atoms with E-state index in [1.165, 1.54) is 0 Å². The number of carbonyl (C=O) groups excluding carboxylic acids is 3. The summed E-state index contributed by atoms with van der Waals surface area (Å²) in [7, 11) is 0. The van der Waals surface area contributed by atoms with Gasteiger partial charge in [0.1, 0.15) is 6.04 Å². The van der Waals surface area contributed by atoms with Gasteiger partial charge in [-0.2, -0.15) is 0 Å². The zero-order valence-corrected chi connectivity index (χ0v) is 10.6. The molecule has 6 N–H and O–H groups in total. The Bertz CT molecular complexity index is 358. The first kappa shape index (κ1) is 16.7. The van der Waals surface area contributed by atoms with Gasteiger partial charge in [-0.15, -0.1) is 0 Å². The predicted molar refractivity (Wildman–Crippen MR) is 65.1 cm³/mol. The van der Waals surface area contributed by atoms with Crippen molar-refractivity contribution in [3.63, 3.8) is 0 Å². The Balaban J connectivity index is 4.09. The lowest BCUT2D eigenvalue weighted by molar-refractivity contribution is -0.140. The van der Waals surface area contributed by atoms with Crippen LogP contribution in [-0.4, -0.2) is 48.1 Å². The van der Waals surface area contributed by atoms with Gasteiger partial charge >= 0.3 is 12.0 Å². The minimum Gasteiger partial charge on any atom is -0.480 e. The van der Waals surface area contributed by atoms with E-state index in [0.29, 0.717) is 6.54 Å². The van der Waals surface area contributed by atoms with Gasteiger partial charge in [-0.3, -0.25) is 9.59 Å². The van der Waals surface area contributed by atoms with Crippen LogP contribution in [0, 0.1) is 0 Å². The molecule has 0 radical (unpaired) electrons. The number of carboxylic acid groups (broad SMARTS) is 1. The Kier molecular flexibility index (Phi) is 7.66. The van der Waals surface area contributed by atoms with Crippen molar-refractivity contribution < 1.29 is 24.3 Å². The second-order valence-electron chi connectivity index (χ2n) is 3.74. The van der Waals surface area contributed by atoms with E-state index in [4.69, 9.17) is 10.8 Å². The van der Waals surface area contributed by atoms with Crippen LogP contribution in [0.3, 0.4) is 0 Å². The molecule has 0 unspecified atom stereocenters. The number of urea groups is 1. The molecule has 0 bridgehead atoms. The fraction of sp³-hybridized carbons (Fsp3) is 0.600. The molecule has 0 saturated carbocycles. The molecule has 0 saturated heterocycles. The fourth-order valence-electron chi connectivity index (χ4n) is 1.10. The molecular weight excluding hydrogens is 256 g/mol. The van der Waals surface area contributed by atoms with E-state index in [1.807, 2.05) is 12.2 Å². The van der Waals surface area contributed by atoms with Crippen molar-refractivity contribution in [1.29, 1.82) is 0 Å². The molecule has 0 aliphatic rings. The zero-order valence-electron chi connectivity index (χ0n) is 10.6. The highest BCUT2D eigenvalue weighted by molar-refractivity contribution is 5.89. The lowest BCUT2D eigenvalue weighted by atomic mass is 10.2. The van der Waals surface area contributed by atoms with Crippen molar-refractivity contribution in [2.45, 2.75) is 25.8 Å². The van der Waals surface area contributed by atoms with Gasteiger partial charge in [-0.25, -0.2) is 9.59 Å². The molecule has 0 aromatic rings. The number of carbonyl (C=O) groups is 4. The highest BCUT2D eigenvalue weighted by atomic mass is 16.4. The lowest BCUT2D eigenvalue weighted by Gasteiger charge is -2.13. The molecule has 0 aliphatic heterocycles. The molecule has 1 atom stereocenters. The molecule has 9 nitrogen and oxygen atoms in total. The molecule has 0 heterocycles. The molecular formula is C10H18N4O5. The first-order chi connectivity index (χ1) is 8.86. The minimum atomic E-state index is -1.42. The van der Waals surface area contributed by atoms with E-state index in [0.717, 1.165) is 6.42 Å². The van der Waals surface area contributed by atoms with Gasteiger partial charge in [0.05, 0.1) is 13.0 Å². The fourth-order valence-corrected chi connectivity index (χ4v) is 1.10. The Morgan fingerprint density at radius 3 is 2.32 bits per heavy atom. The lowest BCUT2D eigenvalue weighted by Crippen LogP contribution is -2.49. The summed E-state index contributed by atoms with van der Waals surface area (Å²) in [6.07, 6.45) is 0.239. The minimum absolute atomic E-state index is 0.283. The normalized spacial score (nSPS) is 11.2. The number of hydrogen-bond acceptors (Lipinski definition) is 4. The Hall–Kier alpha value is -2.32. The van der Waals surface area contributed by atoms with Crippen molar-refractivity contribution in [2.24, 2.45) is 5.73 Å². The maximum absolute atomic E-state index is 11.3. The summed E-state index contributed by atoms with van der Waals surface area (Å²) in [5.74, 6) is -2.63. The monoisotopic (exact) mass is 274 g/mol. The average molecular weight is 274 g/mol. The Morgan fingerprint density at radius 2 is 1.84 bits per heavy atom. The van der Waals surface area contributed by atoms with E-state index >= 15 is 0 Å². The van der Waals surface area contributed by atoms with Crippen molar-refractivity contribution in [1.82, 2.24) is 16.0 Å². The Labute approximate surface area is 109 Å². The number of carboxylic acids is 1. The van der Waals surface area contributed by atoms with E-state index in [1.54, 1.807) is 0 Å². The smallest absolute Gasteiger partial charge is 0.326 e. The van der Waals surface area contributed by atoms with Crippen molar-refractivity contribution in [3.8, 4) is 0 Å². The molecule has 9 heteroatoms. The number of hydrogen-bond donors (Lipinski definition) is 5. The van der Waals surface area contributed by atoms with Crippen LogP contribution in [0.25, 0.3) is 0 Å². The first-order valence-corrected chi connectivity index (χ1v) is 5.69. The van der Waals surface area contributed by atoms with Crippen molar-refractivity contribution >= 4 is 23.8 Å². The van der Waals surface area contributed by atoms with Gasteiger partial charge in [-0.05, 0) is 6.42 Å². The molecule has 0 aliphatic carbocycles. The van der Waals surface area contributed by atoms with Crippen LogP contribution < -0.4 is 21.7 Å². The maximum atomic E-state index is 11.3. The van der Waals surface area contributed by atoms with Gasteiger partial charge in [-0.1, -0.05) is 6.92 Å². The SMILES string of the molecule is CCCNC(=O)CNC(=O)N[C@@H](CC(N)=O)C(=O)O. The third-order valence-electron chi connectivity index (χ3n) is 1.99. The van der Waals surface area contributed by atoms with Crippen LogP contribution in [-0.2, 0) is 14.4 Å². The number of rotatable bonds is 8. The number of nitrogens with two attached hydrogens (primary N) is 1. The van der Waals surface area contributed by atoms with Crippen LogP contribution in [0.1, 0.15) is 19.8 Å². The molecule has 0 fully saturated rings. The highest BCUT2D eigenvalue weighted by Gasteiger charge is 2.22. The standard InChI is InChI=1S/C10H18N4O5/c1-2-3-12-8(16)5-13-10(19)14-6(9(17)18)4-7(11)15/h6H,2-5H2,1H3,(H2,11,15)(H,12,16)(H,17,18)(H2,13,14,19)/t6-/m0/s1. The van der Waals surface area contributed by atoms with E-state index in [9.17, 15) is 19.2 Å². The summed E-state index contributed by atoms with van der Waals surface area (Å²) in [4.78, 5) is 43.8. The summed E-state index contributed by atoms with van der Waals surface area (Å²) in [5.41, 5.74) is 4.85. The van der Waals surface area contributed by atoms with Crippen LogP contribution in [0.5, 0.6) is 0 Å². The number of nitrogens with one attached hydrogen (secondary N) is 3. The largest absolute Gasteiger partial charge is 0.480 e. The maximum Gasteiger partial charge on any atom is 0.326 e. The molecule has 19 heavy (non-hydrogen) atoms. The topological polar surface area (TPSA) is 151 Å². The van der Waals surface area contributed by atoms with Crippen LogP contribution >= 0.6 is 0 Å². The summed E-state index contributed by atoms with van der Waals surface area (Å²) < 4.78 is 0. The van der Waals surface area contributed by atoms with E-state index < -0.39 is 36.3 Å². The third kappa shape index (κ3) is 8.41. The van der Waals surface area contributed by atoms with Crippen molar-refractivity contribution in [2.75, 3.05) is 13.1 Å². The molecule has 108 valence electrons. The first-order valence-electron chi connectivity index (χ1n) is 5.69. The van der Waals surface area contributed by atoms with Gasteiger partial charge in [0.25, 0.3) is 0 Å². The average Bonchev–Trinajstić information content (AvgIpc) is 2.32. The molecule has 4 amide bonds. The molecule has 0 rings (SSSR count). The molecule has 0 spiro atoms. The number of aliphatic carboxylic acids is 1. The van der Waals surface area contributed by atoms with Crippen LogP contribution in [0.4, 0.5) is 4.79 Å². The number of primary amides is 1. The summed E-state index contributed by atoms with van der Waals surface area (Å²) in [6, 6.07) is -2.28. The molecule has 0 aromatic heterocycles. The van der Waals surface area contributed by atoms with Gasteiger partial charge < -0.3 is 26.8 Å². The second-order valence-corrected chi connectivity index (χ2v) is 3.74. The van der Waals surface area contributed by atoms with Gasteiger partial charge in [0.2, 0.25) is 11.8 Å². The predicted octanol–water partition coefficient (Wildman–Crippen LogP) is -1.86. The van der Waals surface area contributed by atoms with Gasteiger partial charge in [0, 0.05) is 6.54 Å². The van der Waals surface area contributed by atoms with E-state index in [2.05, 4.69) is 10.6 Å². The van der Waals surface area contributed by atoms with Crippen LogP contribution in [0.2, 0.25) is 0 Å². The van der Waals surface area contributed by atoms with E-state index in [-0.39, 0.29) is 6.54 Å². The third-order valence-corrected chi connectivity index (χ3v) is 1.99. The number of amides is 4. The summed E-state index contributed by atoms with van der Waals surface area (Å²) in [6.45, 7) is 2.08. The van der Waals surface area contributed by atoms with Crippen molar-refractivity contribution in [3.05, 3.63) is 0 Å². The van der Waals surface area contributed by atoms with Gasteiger partial charge in [0.15, 0.2) is 0 Å². The summed E-state index contributed by atoms with van der Waals surface area (Å²) in [5, 5.41) is 15.5. The summed E-state index contributed by atoms with van der Waals surface area (Å²) >= 11 is 0. The quantitative estimate of drug-likeness (QED) is 0.351. The van der Waals surface area contributed by atoms with Crippen LogP contribution in [0.15, 0.2) is 0 Å². The zero-order chi connectivity index (χ0) is 14.8.